The van der Waals surface area contributed by atoms with Crippen LogP contribution in [0.25, 0.3) is 0 Å². The molecule has 1 aromatic rings. The van der Waals surface area contributed by atoms with Crippen LogP contribution in [0.1, 0.15) is 26.7 Å². The van der Waals surface area contributed by atoms with Crippen LogP contribution in [0.15, 0.2) is 34.5 Å². The lowest BCUT2D eigenvalue weighted by Crippen LogP contribution is -2.36. The minimum Gasteiger partial charge on any atom is -0.511 e. The summed E-state index contributed by atoms with van der Waals surface area (Å²) in [5, 5.41) is 11.7. The number of aliphatic hydroxyl groups excluding tert-OH is 1. The monoisotopic (exact) mass is 443 g/mol. The first-order chi connectivity index (χ1) is 13.3. The number of rotatable bonds is 7. The highest BCUT2D eigenvalue weighted by molar-refractivity contribution is 7.99. The number of halogens is 2. The van der Waals surface area contributed by atoms with E-state index < -0.39 is 11.9 Å². The maximum Gasteiger partial charge on any atom is 0.316 e. The van der Waals surface area contributed by atoms with Crippen LogP contribution in [-0.4, -0.2) is 41.2 Å². The number of benzene rings is 1. The summed E-state index contributed by atoms with van der Waals surface area (Å²) in [6, 6.07) is 4.78. The van der Waals surface area contributed by atoms with Crippen LogP contribution >= 0.6 is 35.0 Å². The molecule has 1 N–H and O–H groups in total. The maximum absolute atomic E-state index is 12.6. The minimum atomic E-state index is -0.877. The largest absolute Gasteiger partial charge is 0.511 e. The highest BCUT2D eigenvalue weighted by atomic mass is 35.5. The van der Waals surface area contributed by atoms with Crippen LogP contribution in [0.5, 0.6) is 0 Å². The van der Waals surface area contributed by atoms with Crippen molar-refractivity contribution in [2.24, 2.45) is 16.8 Å². The molecule has 0 aromatic heterocycles. The lowest BCUT2D eigenvalue weighted by Gasteiger charge is -2.30. The van der Waals surface area contributed by atoms with E-state index in [1.807, 2.05) is 0 Å². The van der Waals surface area contributed by atoms with Gasteiger partial charge in [-0.1, -0.05) is 37.0 Å². The Balaban J connectivity index is 2.34. The molecule has 5 nitrogen and oxygen atoms in total. The molecule has 0 aliphatic heterocycles. The first-order valence-corrected chi connectivity index (χ1v) is 10.7. The van der Waals surface area contributed by atoms with Crippen LogP contribution in [0.2, 0.25) is 10.0 Å². The molecule has 0 bridgehead atoms. The van der Waals surface area contributed by atoms with Crippen molar-refractivity contribution in [3.05, 3.63) is 39.6 Å². The smallest absolute Gasteiger partial charge is 0.316 e. The van der Waals surface area contributed by atoms with Gasteiger partial charge in [-0.05, 0) is 36.3 Å². The van der Waals surface area contributed by atoms with Gasteiger partial charge in [-0.3, -0.25) is 14.6 Å². The Morgan fingerprint density at radius 2 is 2.14 bits per heavy atom. The summed E-state index contributed by atoms with van der Waals surface area (Å²) in [4.78, 5) is 29.2. The summed E-state index contributed by atoms with van der Waals surface area (Å²) in [6.07, 6.45) is 2.06. The average Bonchev–Trinajstić information content (AvgIpc) is 2.64. The molecule has 152 valence electrons. The van der Waals surface area contributed by atoms with Crippen molar-refractivity contribution in [3.8, 4) is 0 Å². The van der Waals surface area contributed by atoms with Crippen molar-refractivity contribution in [3.63, 3.8) is 0 Å². The number of carbonyl (C=O) groups is 2. The number of hydrogen-bond donors (Lipinski definition) is 1. The van der Waals surface area contributed by atoms with Crippen molar-refractivity contribution < 1.29 is 19.4 Å². The number of aliphatic hydroxyl groups is 1. The number of aliphatic imine (C=N–C) groups is 1. The van der Waals surface area contributed by atoms with E-state index in [2.05, 4.69) is 18.8 Å². The fraction of sp³-hybridized carbons (Fsp3) is 0.450. The van der Waals surface area contributed by atoms with Gasteiger partial charge in [0.2, 0.25) is 0 Å². The number of ether oxygens (including phenoxy) is 1. The summed E-state index contributed by atoms with van der Waals surface area (Å²) in [7, 11) is 1.27. The lowest BCUT2D eigenvalue weighted by molar-refractivity contribution is -0.147. The first-order valence-electron chi connectivity index (χ1n) is 8.93. The summed E-state index contributed by atoms with van der Waals surface area (Å²) >= 11 is 13.6. The Bertz CT molecular complexity index is 809. The van der Waals surface area contributed by atoms with E-state index in [9.17, 15) is 14.7 Å². The molecule has 0 saturated heterocycles. The zero-order valence-electron chi connectivity index (χ0n) is 15.9. The second kappa shape index (κ2) is 10.3. The van der Waals surface area contributed by atoms with Gasteiger partial charge < -0.3 is 9.84 Å². The number of esters is 1. The third-order valence-corrected chi connectivity index (χ3v) is 6.41. The fourth-order valence-corrected chi connectivity index (χ4v) is 4.52. The SMILES string of the molecule is CCSC(C)CC1CC(=O)C(C=Nc2ccc(Cl)c(Cl)c2)=C(O)C1C(=O)OC. The quantitative estimate of drug-likeness (QED) is 0.449. The highest BCUT2D eigenvalue weighted by Gasteiger charge is 2.41. The van der Waals surface area contributed by atoms with Gasteiger partial charge in [0.15, 0.2) is 5.78 Å². The summed E-state index contributed by atoms with van der Waals surface area (Å²) in [5.74, 6) is -1.34. The van der Waals surface area contributed by atoms with E-state index in [4.69, 9.17) is 27.9 Å². The molecule has 8 heteroatoms. The summed E-state index contributed by atoms with van der Waals surface area (Å²) in [5.41, 5.74) is 0.501. The number of carbonyl (C=O) groups excluding carboxylic acids is 2. The first kappa shape index (κ1) is 22.8. The van der Waals surface area contributed by atoms with E-state index in [-0.39, 0.29) is 34.7 Å². The number of hydrogen-bond acceptors (Lipinski definition) is 6. The fourth-order valence-electron chi connectivity index (χ4n) is 3.27. The second-order valence-electron chi connectivity index (χ2n) is 6.55. The summed E-state index contributed by atoms with van der Waals surface area (Å²) < 4.78 is 4.88. The molecule has 1 aromatic carbocycles. The molecule has 28 heavy (non-hydrogen) atoms. The van der Waals surface area contributed by atoms with Crippen LogP contribution < -0.4 is 0 Å². The van der Waals surface area contributed by atoms with Crippen LogP contribution in [0.3, 0.4) is 0 Å². The zero-order chi connectivity index (χ0) is 20.8. The Morgan fingerprint density at radius 3 is 2.75 bits per heavy atom. The number of Topliss-reactive ketones (excluding diaryl/α,β-unsaturated/α-hetero) is 1. The van der Waals surface area contributed by atoms with Crippen molar-refractivity contribution in [1.29, 1.82) is 0 Å². The molecule has 3 unspecified atom stereocenters. The highest BCUT2D eigenvalue weighted by Crippen LogP contribution is 2.37. The van der Waals surface area contributed by atoms with Gasteiger partial charge >= 0.3 is 5.97 Å². The Labute approximate surface area is 179 Å². The van der Waals surface area contributed by atoms with Crippen molar-refractivity contribution in [1.82, 2.24) is 0 Å². The van der Waals surface area contributed by atoms with Gasteiger partial charge in [-0.15, -0.1) is 0 Å². The normalized spacial score (nSPS) is 21.2. The van der Waals surface area contributed by atoms with Crippen LogP contribution in [0.4, 0.5) is 5.69 Å². The zero-order valence-corrected chi connectivity index (χ0v) is 18.3. The van der Waals surface area contributed by atoms with E-state index in [1.165, 1.54) is 13.3 Å². The number of nitrogens with zero attached hydrogens (tertiary/aromatic N) is 1. The molecule has 0 heterocycles. The third kappa shape index (κ3) is 5.52. The molecule has 0 radical (unpaired) electrons. The molecule has 0 fully saturated rings. The maximum atomic E-state index is 12.6. The van der Waals surface area contributed by atoms with Gasteiger partial charge in [0.1, 0.15) is 11.7 Å². The molecule has 1 aliphatic carbocycles. The molecule has 2 rings (SSSR count). The van der Waals surface area contributed by atoms with E-state index in [0.29, 0.717) is 22.2 Å². The number of allylic oxidation sites excluding steroid dienone is 1. The Hall–Kier alpha value is -1.50. The molecule has 3 atom stereocenters. The van der Waals surface area contributed by atoms with Gasteiger partial charge in [0, 0.05) is 17.9 Å². The Kier molecular flexibility index (Phi) is 8.40. The lowest BCUT2D eigenvalue weighted by atomic mass is 9.76. The van der Waals surface area contributed by atoms with Gasteiger partial charge in [-0.25, -0.2) is 0 Å². The molecule has 0 amide bonds. The van der Waals surface area contributed by atoms with Crippen LogP contribution in [0, 0.1) is 11.8 Å². The van der Waals surface area contributed by atoms with E-state index in [0.717, 1.165) is 5.75 Å². The van der Waals surface area contributed by atoms with Crippen molar-refractivity contribution in [2.75, 3.05) is 12.9 Å². The predicted molar refractivity (Wildman–Crippen MR) is 115 cm³/mol. The standard InChI is InChI=1S/C20H23Cl2NO4S/c1-4-28-11(2)7-12-8-17(24)14(19(25)18(12)20(26)27-3)10-23-13-5-6-15(21)16(22)9-13/h5-6,9-12,18,25H,4,7-8H2,1-3H3. The van der Waals surface area contributed by atoms with Gasteiger partial charge in [0.05, 0.1) is 28.4 Å². The van der Waals surface area contributed by atoms with Crippen molar-refractivity contribution >= 4 is 58.6 Å². The van der Waals surface area contributed by atoms with Gasteiger partial charge in [-0.2, -0.15) is 11.8 Å². The molecule has 0 spiro atoms. The third-order valence-electron chi connectivity index (χ3n) is 4.58. The molecular weight excluding hydrogens is 421 g/mol. The molecular formula is C20H23Cl2NO4S. The Morgan fingerprint density at radius 1 is 1.43 bits per heavy atom. The number of thioether (sulfide) groups is 1. The predicted octanol–water partition coefficient (Wildman–Crippen LogP) is 5.42. The molecule has 0 saturated carbocycles. The summed E-state index contributed by atoms with van der Waals surface area (Å²) in [6.45, 7) is 4.11. The topological polar surface area (TPSA) is 76.0 Å². The van der Waals surface area contributed by atoms with E-state index >= 15 is 0 Å². The van der Waals surface area contributed by atoms with Gasteiger partial charge in [0.25, 0.3) is 0 Å². The van der Waals surface area contributed by atoms with E-state index in [1.54, 1.807) is 30.0 Å². The van der Waals surface area contributed by atoms with Crippen molar-refractivity contribution in [2.45, 2.75) is 31.9 Å². The van der Waals surface area contributed by atoms with Crippen LogP contribution in [-0.2, 0) is 14.3 Å². The molecule has 1 aliphatic rings. The number of methoxy groups -OCH3 is 1. The number of ketones is 1. The minimum absolute atomic E-state index is 0.0218. The average molecular weight is 444 g/mol. The second-order valence-corrected chi connectivity index (χ2v) is 9.08.